The normalized spacial score (nSPS) is 14.5. The van der Waals surface area contributed by atoms with Crippen LogP contribution in [-0.4, -0.2) is 81.9 Å². The number of nitrogens with one attached hydrogen (secondary N) is 1. The Hall–Kier alpha value is -3.61. The van der Waals surface area contributed by atoms with Gasteiger partial charge in [-0.25, -0.2) is 18.4 Å². The third-order valence-electron chi connectivity index (χ3n) is 6.74. The summed E-state index contributed by atoms with van der Waals surface area (Å²) in [5.41, 5.74) is 0.809. The average Bonchev–Trinajstić information content (AvgIpc) is 2.94. The number of nitrogens with zero attached hydrogens (tertiary/aromatic N) is 4. The first-order valence-corrected chi connectivity index (χ1v) is 15.0. The van der Waals surface area contributed by atoms with Gasteiger partial charge in [-0.15, -0.1) is 0 Å². The number of ether oxygens (including phenoxy) is 3. The van der Waals surface area contributed by atoms with Crippen molar-refractivity contribution in [1.29, 1.82) is 0 Å². The van der Waals surface area contributed by atoms with Gasteiger partial charge in [-0.05, 0) is 36.7 Å². The number of sulfonamides is 1. The van der Waals surface area contributed by atoms with Crippen LogP contribution in [0.15, 0.2) is 53.8 Å². The number of anilines is 2. The Morgan fingerprint density at radius 3 is 2.37 bits per heavy atom. The highest BCUT2D eigenvalue weighted by molar-refractivity contribution is 7.93. The lowest BCUT2D eigenvalue weighted by atomic mass is 9.85. The Labute approximate surface area is 242 Å². The van der Waals surface area contributed by atoms with Crippen molar-refractivity contribution < 1.29 is 27.7 Å². The average molecular weight is 586 g/mol. The van der Waals surface area contributed by atoms with Crippen LogP contribution < -0.4 is 23.8 Å². The molecule has 1 aliphatic rings. The second-order valence-electron chi connectivity index (χ2n) is 10.8. The highest BCUT2D eigenvalue weighted by Crippen LogP contribution is 2.50. The summed E-state index contributed by atoms with van der Waals surface area (Å²) in [5.74, 6) is 1.35. The molecule has 1 saturated heterocycles. The van der Waals surface area contributed by atoms with E-state index >= 15 is 0 Å². The summed E-state index contributed by atoms with van der Waals surface area (Å²) in [7, 11) is -0.675. The maximum atomic E-state index is 14.3. The van der Waals surface area contributed by atoms with E-state index in [-0.39, 0.29) is 35.4 Å². The minimum absolute atomic E-state index is 0.0588. The number of benzene rings is 2. The van der Waals surface area contributed by atoms with Crippen LogP contribution in [0.25, 0.3) is 0 Å². The lowest BCUT2D eigenvalue weighted by Crippen LogP contribution is -2.45. The first-order chi connectivity index (χ1) is 19.5. The fourth-order valence-electron chi connectivity index (χ4n) is 4.53. The largest absolute Gasteiger partial charge is 0.493 e. The molecule has 11 nitrogen and oxygen atoms in total. The van der Waals surface area contributed by atoms with Crippen LogP contribution >= 0.6 is 0 Å². The van der Waals surface area contributed by atoms with E-state index in [0.717, 1.165) is 18.7 Å². The Morgan fingerprint density at radius 1 is 1.05 bits per heavy atom. The van der Waals surface area contributed by atoms with E-state index in [9.17, 15) is 13.5 Å². The molecule has 0 aliphatic carbocycles. The Bertz CT molecular complexity index is 1420. The predicted octanol–water partition coefficient (Wildman–Crippen LogP) is 3.89. The molecule has 1 aromatic heterocycles. The smallest absolute Gasteiger partial charge is 0.268 e. The molecule has 1 fully saturated rings. The Kier molecular flexibility index (Phi) is 9.57. The molecule has 0 amide bonds. The maximum Gasteiger partial charge on any atom is 0.268 e. The Morgan fingerprint density at radius 2 is 1.76 bits per heavy atom. The fourth-order valence-corrected chi connectivity index (χ4v) is 5.89. The predicted molar refractivity (Wildman–Crippen MR) is 158 cm³/mol. The zero-order chi connectivity index (χ0) is 29.6. The lowest BCUT2D eigenvalue weighted by molar-refractivity contribution is 0.225. The molecule has 2 heterocycles. The second-order valence-corrected chi connectivity index (χ2v) is 12.5. The highest BCUT2D eigenvalue weighted by Gasteiger charge is 2.36. The number of hydrogen-bond acceptors (Lipinski definition) is 10. The number of methoxy groups -OCH3 is 1. The molecule has 0 spiro atoms. The standard InChI is InChI=1S/C29H39N5O6S/c1-29(2,3)21-19-22(34-15-13-33(4)14-16-34)28(41(36,37)32-25-11-12-30-20-31-25)27(39-18-8-17-35)26(21)40-24-10-7-6-9-23(24)38-5/h6-7,9-12,19-20,35H,8,13-18H2,1-5H3,(H,30,31,32). The maximum absolute atomic E-state index is 14.3. The minimum atomic E-state index is -4.26. The van der Waals surface area contributed by atoms with Gasteiger partial charge >= 0.3 is 0 Å². The molecule has 0 atom stereocenters. The topological polar surface area (TPSA) is 126 Å². The molecule has 41 heavy (non-hydrogen) atoms. The molecule has 2 aromatic carbocycles. The molecular weight excluding hydrogens is 546 g/mol. The number of rotatable bonds is 11. The lowest BCUT2D eigenvalue weighted by Gasteiger charge is -2.37. The monoisotopic (exact) mass is 585 g/mol. The number of likely N-dealkylation sites (N-methyl/N-ethyl adjacent to an activating group) is 1. The molecule has 3 aromatic rings. The van der Waals surface area contributed by atoms with Gasteiger partial charge in [-0.1, -0.05) is 32.9 Å². The first kappa shape index (κ1) is 30.4. The third kappa shape index (κ3) is 7.19. The van der Waals surface area contributed by atoms with Gasteiger partial charge in [0, 0.05) is 51.0 Å². The van der Waals surface area contributed by atoms with E-state index in [4.69, 9.17) is 14.2 Å². The number of aliphatic hydroxyl groups is 1. The quantitative estimate of drug-likeness (QED) is 0.320. The van der Waals surface area contributed by atoms with Gasteiger partial charge in [0.05, 0.1) is 19.4 Å². The van der Waals surface area contributed by atoms with Gasteiger partial charge in [0.15, 0.2) is 27.9 Å². The van der Waals surface area contributed by atoms with Crippen molar-refractivity contribution in [2.45, 2.75) is 37.5 Å². The van der Waals surface area contributed by atoms with Crippen molar-refractivity contribution in [3.05, 3.63) is 54.5 Å². The minimum Gasteiger partial charge on any atom is -0.493 e. The van der Waals surface area contributed by atoms with Crippen LogP contribution in [0.2, 0.25) is 0 Å². The molecule has 0 unspecified atom stereocenters. The van der Waals surface area contributed by atoms with Crippen LogP contribution in [0, 0.1) is 0 Å². The van der Waals surface area contributed by atoms with Gasteiger partial charge in [-0.2, -0.15) is 0 Å². The molecule has 0 saturated carbocycles. The molecule has 0 bridgehead atoms. The van der Waals surface area contributed by atoms with Crippen molar-refractivity contribution in [1.82, 2.24) is 14.9 Å². The van der Waals surface area contributed by atoms with Crippen LogP contribution in [0.1, 0.15) is 32.8 Å². The molecular formula is C29H39N5O6S. The van der Waals surface area contributed by atoms with Gasteiger partial charge in [0.25, 0.3) is 10.0 Å². The number of hydrogen-bond donors (Lipinski definition) is 2. The number of aliphatic hydroxyl groups excluding tert-OH is 1. The summed E-state index contributed by atoms with van der Waals surface area (Å²) in [6.45, 7) is 8.85. The summed E-state index contributed by atoms with van der Waals surface area (Å²) >= 11 is 0. The third-order valence-corrected chi connectivity index (χ3v) is 8.15. The zero-order valence-corrected chi connectivity index (χ0v) is 25.1. The molecule has 4 rings (SSSR count). The summed E-state index contributed by atoms with van der Waals surface area (Å²) < 4.78 is 49.4. The number of para-hydroxylation sites is 2. The summed E-state index contributed by atoms with van der Waals surface area (Å²) in [6, 6.07) is 10.5. The van der Waals surface area contributed by atoms with E-state index in [0.29, 0.717) is 36.7 Å². The SMILES string of the molecule is COc1ccccc1Oc1c(C(C)(C)C)cc(N2CCN(C)CC2)c(S(=O)(=O)Nc2ccncn2)c1OCCCO. The van der Waals surface area contributed by atoms with Crippen LogP contribution in [0.3, 0.4) is 0 Å². The van der Waals surface area contributed by atoms with E-state index < -0.39 is 15.4 Å². The molecule has 0 radical (unpaired) electrons. The first-order valence-electron chi connectivity index (χ1n) is 13.5. The Balaban J connectivity index is 2.02. The molecule has 1 aliphatic heterocycles. The van der Waals surface area contributed by atoms with E-state index in [1.807, 2.05) is 46.0 Å². The number of piperazine rings is 1. The van der Waals surface area contributed by atoms with Crippen LogP contribution in [-0.2, 0) is 15.4 Å². The van der Waals surface area contributed by atoms with Gasteiger partial charge < -0.3 is 29.1 Å². The highest BCUT2D eigenvalue weighted by atomic mass is 32.2. The van der Waals surface area contributed by atoms with E-state index in [2.05, 4.69) is 24.5 Å². The van der Waals surface area contributed by atoms with Crippen molar-refractivity contribution in [3.63, 3.8) is 0 Å². The summed E-state index contributed by atoms with van der Waals surface area (Å²) in [5, 5.41) is 9.52. The van der Waals surface area contributed by atoms with Crippen molar-refractivity contribution in [3.8, 4) is 23.0 Å². The van der Waals surface area contributed by atoms with Gasteiger partial charge in [0.2, 0.25) is 0 Å². The molecule has 2 N–H and O–H groups in total. The van der Waals surface area contributed by atoms with Crippen molar-refractivity contribution in [2.24, 2.45) is 0 Å². The zero-order valence-electron chi connectivity index (χ0n) is 24.3. The van der Waals surface area contributed by atoms with Crippen LogP contribution in [0.4, 0.5) is 11.5 Å². The van der Waals surface area contributed by atoms with E-state index in [1.165, 1.54) is 18.6 Å². The summed E-state index contributed by atoms with van der Waals surface area (Å²) in [6.07, 6.45) is 3.04. The molecule has 222 valence electrons. The summed E-state index contributed by atoms with van der Waals surface area (Å²) in [4.78, 5) is 12.2. The van der Waals surface area contributed by atoms with Crippen LogP contribution in [0.5, 0.6) is 23.0 Å². The second kappa shape index (κ2) is 12.9. The van der Waals surface area contributed by atoms with Gasteiger partial charge in [-0.3, -0.25) is 4.72 Å². The van der Waals surface area contributed by atoms with Crippen molar-refractivity contribution >= 4 is 21.5 Å². The van der Waals surface area contributed by atoms with Gasteiger partial charge in [0.1, 0.15) is 12.1 Å². The number of aromatic nitrogens is 2. The molecule has 12 heteroatoms. The van der Waals surface area contributed by atoms with Crippen molar-refractivity contribution in [2.75, 3.05) is 63.2 Å². The fraction of sp³-hybridized carbons (Fsp3) is 0.448. The van der Waals surface area contributed by atoms with E-state index in [1.54, 1.807) is 19.2 Å².